The van der Waals surface area contributed by atoms with E-state index in [2.05, 4.69) is 93.7 Å². The molecule has 0 aliphatic heterocycles. The van der Waals surface area contributed by atoms with E-state index in [0.29, 0.717) is 19.4 Å². The van der Waals surface area contributed by atoms with Crippen molar-refractivity contribution in [3.05, 3.63) is 72.9 Å². The Morgan fingerprint density at radius 2 is 0.703 bits per heavy atom. The van der Waals surface area contributed by atoms with Crippen LogP contribution in [0.2, 0.25) is 0 Å². The number of ether oxygens (including phenoxy) is 3. The van der Waals surface area contributed by atoms with E-state index in [9.17, 15) is 9.59 Å². The highest BCUT2D eigenvalue weighted by Gasteiger charge is 2.17. The molecule has 0 spiro atoms. The van der Waals surface area contributed by atoms with Gasteiger partial charge in [0.15, 0.2) is 6.10 Å². The molecular weight excluding hydrogens is 789 g/mol. The second-order valence-electron chi connectivity index (χ2n) is 18.1. The third-order valence-electron chi connectivity index (χ3n) is 11.7. The number of unbranched alkanes of at least 4 members (excludes halogenated alkanes) is 27. The molecule has 0 rings (SSSR count). The van der Waals surface area contributed by atoms with Crippen LogP contribution in [0.3, 0.4) is 0 Å². The molecule has 0 aromatic heterocycles. The van der Waals surface area contributed by atoms with Crippen LogP contribution in [0.1, 0.15) is 265 Å². The summed E-state index contributed by atoms with van der Waals surface area (Å²) in [5, 5.41) is 0. The van der Waals surface area contributed by atoms with E-state index >= 15 is 0 Å². The molecule has 5 heteroatoms. The first-order valence-electron chi connectivity index (χ1n) is 27.5. The summed E-state index contributed by atoms with van der Waals surface area (Å²) in [7, 11) is 0. The molecule has 0 saturated heterocycles. The zero-order chi connectivity index (χ0) is 46.3. The smallest absolute Gasteiger partial charge is 0.306 e. The lowest BCUT2D eigenvalue weighted by atomic mass is 10.1. The zero-order valence-corrected chi connectivity index (χ0v) is 42.5. The van der Waals surface area contributed by atoms with E-state index in [1.807, 2.05) is 0 Å². The number of esters is 2. The van der Waals surface area contributed by atoms with Gasteiger partial charge in [-0.15, -0.1) is 0 Å². The molecule has 0 amide bonds. The molecule has 1 atom stereocenters. The number of allylic oxidation sites excluding steroid dienone is 12. The maximum Gasteiger partial charge on any atom is 0.306 e. The molecular formula is C59H104O5. The standard InChI is InChI=1S/C59H104O5/c1-4-7-10-13-16-19-22-25-28-30-32-34-37-40-43-46-49-52-58(60)63-56-57(55-62-54-51-48-45-42-39-36-27-24-21-18-15-12-9-6-3)64-59(61)53-50-47-44-41-38-35-33-31-29-26-23-20-17-14-11-8-5-2/h7,10,16-17,19-21,24-26,28-29,57H,4-6,8-9,11-15,18,22-23,27,30-56H2,1-3H3/b10-7-,19-16-,20-17-,24-21-,28-25-,29-26-. The van der Waals surface area contributed by atoms with Gasteiger partial charge < -0.3 is 14.2 Å². The topological polar surface area (TPSA) is 61.8 Å². The number of hydrogen-bond acceptors (Lipinski definition) is 5. The normalized spacial score (nSPS) is 12.7. The fraction of sp³-hybridized carbons (Fsp3) is 0.763. The lowest BCUT2D eigenvalue weighted by molar-refractivity contribution is -0.163. The van der Waals surface area contributed by atoms with Crippen LogP contribution in [0.4, 0.5) is 0 Å². The van der Waals surface area contributed by atoms with Gasteiger partial charge in [-0.05, 0) is 109 Å². The molecule has 0 aliphatic carbocycles. The molecule has 0 aromatic carbocycles. The van der Waals surface area contributed by atoms with Gasteiger partial charge in [0.1, 0.15) is 6.61 Å². The largest absolute Gasteiger partial charge is 0.462 e. The van der Waals surface area contributed by atoms with Crippen LogP contribution >= 0.6 is 0 Å². The Morgan fingerprint density at radius 1 is 0.359 bits per heavy atom. The molecule has 0 radical (unpaired) electrons. The minimum Gasteiger partial charge on any atom is -0.462 e. The number of hydrogen-bond donors (Lipinski definition) is 0. The van der Waals surface area contributed by atoms with Gasteiger partial charge in [-0.1, -0.05) is 216 Å². The minimum atomic E-state index is -0.550. The lowest BCUT2D eigenvalue weighted by Gasteiger charge is -2.18. The highest BCUT2D eigenvalue weighted by atomic mass is 16.6. The number of rotatable bonds is 50. The fourth-order valence-electron chi connectivity index (χ4n) is 7.61. The SMILES string of the molecule is CC/C=C\C/C=C\C/C=C\CCCCCCCCCC(=O)OCC(COCCCCCCCC/C=C\CCCCCC)OC(=O)CCCCCCCCC/C=C\C/C=C\CCCCC. The quantitative estimate of drug-likeness (QED) is 0.0346. The van der Waals surface area contributed by atoms with Gasteiger partial charge in [0.05, 0.1) is 6.61 Å². The maximum atomic E-state index is 12.8. The molecule has 64 heavy (non-hydrogen) atoms. The monoisotopic (exact) mass is 893 g/mol. The molecule has 0 aliphatic rings. The summed E-state index contributed by atoms with van der Waals surface area (Å²) in [6.07, 6.45) is 70.5. The van der Waals surface area contributed by atoms with Crippen molar-refractivity contribution in [3.8, 4) is 0 Å². The predicted molar refractivity (Wildman–Crippen MR) is 279 cm³/mol. The summed E-state index contributed by atoms with van der Waals surface area (Å²) < 4.78 is 17.4. The van der Waals surface area contributed by atoms with E-state index in [1.165, 1.54) is 148 Å². The predicted octanol–water partition coefficient (Wildman–Crippen LogP) is 18.7. The Balaban J connectivity index is 4.30. The van der Waals surface area contributed by atoms with Crippen LogP contribution in [-0.4, -0.2) is 37.9 Å². The van der Waals surface area contributed by atoms with Gasteiger partial charge in [-0.2, -0.15) is 0 Å². The lowest BCUT2D eigenvalue weighted by Crippen LogP contribution is -2.30. The Morgan fingerprint density at radius 3 is 1.17 bits per heavy atom. The van der Waals surface area contributed by atoms with Crippen LogP contribution in [0.5, 0.6) is 0 Å². The second-order valence-corrected chi connectivity index (χ2v) is 18.1. The van der Waals surface area contributed by atoms with E-state index in [0.717, 1.165) is 83.5 Å². The number of carbonyl (C=O) groups excluding carboxylic acids is 2. The summed E-state index contributed by atoms with van der Waals surface area (Å²) in [6, 6.07) is 0. The van der Waals surface area contributed by atoms with Crippen molar-refractivity contribution in [2.75, 3.05) is 19.8 Å². The Bertz CT molecular complexity index is 1150. The van der Waals surface area contributed by atoms with Gasteiger partial charge in [0.25, 0.3) is 0 Å². The highest BCUT2D eigenvalue weighted by molar-refractivity contribution is 5.70. The fourth-order valence-corrected chi connectivity index (χ4v) is 7.61. The first kappa shape index (κ1) is 61.3. The molecule has 370 valence electrons. The van der Waals surface area contributed by atoms with Crippen LogP contribution in [0, 0.1) is 0 Å². The van der Waals surface area contributed by atoms with Crippen molar-refractivity contribution in [2.45, 2.75) is 271 Å². The molecule has 0 N–H and O–H groups in total. The molecule has 1 unspecified atom stereocenters. The van der Waals surface area contributed by atoms with E-state index in [1.54, 1.807) is 0 Å². The van der Waals surface area contributed by atoms with Crippen LogP contribution in [-0.2, 0) is 23.8 Å². The summed E-state index contributed by atoms with van der Waals surface area (Å²) in [4.78, 5) is 25.5. The average molecular weight is 893 g/mol. The van der Waals surface area contributed by atoms with Crippen molar-refractivity contribution in [2.24, 2.45) is 0 Å². The third-order valence-corrected chi connectivity index (χ3v) is 11.7. The second kappa shape index (κ2) is 54.7. The summed E-state index contributed by atoms with van der Waals surface area (Å²) in [5.74, 6) is -0.415. The van der Waals surface area contributed by atoms with E-state index < -0.39 is 6.10 Å². The summed E-state index contributed by atoms with van der Waals surface area (Å²) >= 11 is 0. The van der Waals surface area contributed by atoms with Crippen molar-refractivity contribution in [1.82, 2.24) is 0 Å². The van der Waals surface area contributed by atoms with Gasteiger partial charge in [-0.3, -0.25) is 9.59 Å². The molecule has 0 saturated carbocycles. The van der Waals surface area contributed by atoms with E-state index in [-0.39, 0.29) is 25.2 Å². The van der Waals surface area contributed by atoms with Crippen LogP contribution in [0.15, 0.2) is 72.9 Å². The highest BCUT2D eigenvalue weighted by Crippen LogP contribution is 2.14. The van der Waals surface area contributed by atoms with Gasteiger partial charge >= 0.3 is 11.9 Å². The Hall–Kier alpha value is -2.66. The van der Waals surface area contributed by atoms with Crippen molar-refractivity contribution < 1.29 is 23.8 Å². The van der Waals surface area contributed by atoms with Crippen LogP contribution < -0.4 is 0 Å². The molecule has 5 nitrogen and oxygen atoms in total. The van der Waals surface area contributed by atoms with Crippen LogP contribution in [0.25, 0.3) is 0 Å². The summed E-state index contributed by atoms with van der Waals surface area (Å²) in [6.45, 7) is 7.67. The molecule has 0 bridgehead atoms. The molecule has 0 fully saturated rings. The number of carbonyl (C=O) groups is 2. The van der Waals surface area contributed by atoms with E-state index in [4.69, 9.17) is 14.2 Å². The van der Waals surface area contributed by atoms with Gasteiger partial charge in [0.2, 0.25) is 0 Å². The average Bonchev–Trinajstić information content (AvgIpc) is 3.30. The molecule has 0 heterocycles. The van der Waals surface area contributed by atoms with Crippen molar-refractivity contribution >= 4 is 11.9 Å². The first-order chi connectivity index (χ1) is 31.6. The Labute approximate surface area is 397 Å². The first-order valence-corrected chi connectivity index (χ1v) is 27.5. The van der Waals surface area contributed by atoms with Crippen molar-refractivity contribution in [1.29, 1.82) is 0 Å². The Kier molecular flexibility index (Phi) is 52.4. The maximum absolute atomic E-state index is 12.8. The van der Waals surface area contributed by atoms with Crippen molar-refractivity contribution in [3.63, 3.8) is 0 Å². The van der Waals surface area contributed by atoms with Gasteiger partial charge in [0, 0.05) is 19.4 Å². The van der Waals surface area contributed by atoms with Gasteiger partial charge in [-0.25, -0.2) is 0 Å². The third kappa shape index (κ3) is 52.0. The minimum absolute atomic E-state index is 0.0731. The summed E-state index contributed by atoms with van der Waals surface area (Å²) in [5.41, 5.74) is 0. The zero-order valence-electron chi connectivity index (χ0n) is 42.5. The molecule has 0 aromatic rings.